The molecule has 0 radical (unpaired) electrons. The molecule has 0 heterocycles. The molecule has 1 rings (SSSR count). The van der Waals surface area contributed by atoms with Crippen LogP contribution in [-0.4, -0.2) is 25.6 Å². The Morgan fingerprint density at radius 2 is 2.00 bits per heavy atom. The zero-order valence-corrected chi connectivity index (χ0v) is 9.03. The molecule has 0 unspecified atom stereocenters. The summed E-state index contributed by atoms with van der Waals surface area (Å²) in [6, 6.07) is 5.30. The second-order valence-corrected chi connectivity index (χ2v) is 2.92. The first kappa shape index (κ1) is 11.8. The van der Waals surface area contributed by atoms with Crippen LogP contribution in [-0.2, 0) is 11.3 Å². The Labute approximate surface area is 89.4 Å². The number of hydrogen-bond donors (Lipinski definition) is 1. The first-order chi connectivity index (χ1) is 7.31. The molecule has 0 amide bonds. The summed E-state index contributed by atoms with van der Waals surface area (Å²) in [6.45, 7) is 2.62. The Hall–Kier alpha value is -1.26. The lowest BCUT2D eigenvalue weighted by atomic mass is 10.2. The van der Waals surface area contributed by atoms with Gasteiger partial charge in [-0.15, -0.1) is 0 Å². The summed E-state index contributed by atoms with van der Waals surface area (Å²) in [5.74, 6) is 1.25. The van der Waals surface area contributed by atoms with Gasteiger partial charge in [-0.2, -0.15) is 0 Å². The summed E-state index contributed by atoms with van der Waals surface area (Å²) in [7, 11) is 1.56. The zero-order valence-electron chi connectivity index (χ0n) is 9.03. The maximum atomic E-state index is 8.98. The van der Waals surface area contributed by atoms with Crippen molar-refractivity contribution in [1.82, 2.24) is 0 Å². The second-order valence-electron chi connectivity index (χ2n) is 2.92. The van der Waals surface area contributed by atoms with Crippen molar-refractivity contribution in [2.24, 2.45) is 0 Å². The molecule has 0 saturated carbocycles. The predicted molar refractivity (Wildman–Crippen MR) is 56.0 cm³/mol. The van der Waals surface area contributed by atoms with Crippen molar-refractivity contribution in [3.05, 3.63) is 23.8 Å². The lowest BCUT2D eigenvalue weighted by Gasteiger charge is -2.12. The summed E-state index contributed by atoms with van der Waals surface area (Å²) >= 11 is 0. The standard InChI is InChI=1S/C11H16O4/c1-3-14-11-6-9(7-12)4-5-10(11)15-8-13-2/h4-6,12H,3,7-8H2,1-2H3. The molecule has 0 bridgehead atoms. The molecule has 0 aromatic heterocycles. The van der Waals surface area contributed by atoms with Gasteiger partial charge < -0.3 is 19.3 Å². The molecule has 4 heteroatoms. The monoisotopic (exact) mass is 212 g/mol. The van der Waals surface area contributed by atoms with E-state index in [4.69, 9.17) is 19.3 Å². The fourth-order valence-corrected chi connectivity index (χ4v) is 1.16. The van der Waals surface area contributed by atoms with Crippen molar-refractivity contribution < 1.29 is 19.3 Å². The van der Waals surface area contributed by atoms with Crippen LogP contribution in [0.1, 0.15) is 12.5 Å². The Morgan fingerprint density at radius 3 is 2.60 bits per heavy atom. The van der Waals surface area contributed by atoms with Gasteiger partial charge in [0.2, 0.25) is 0 Å². The van der Waals surface area contributed by atoms with Crippen molar-refractivity contribution >= 4 is 0 Å². The van der Waals surface area contributed by atoms with Crippen molar-refractivity contribution in [3.63, 3.8) is 0 Å². The molecule has 0 saturated heterocycles. The summed E-state index contributed by atoms with van der Waals surface area (Å²) in [6.07, 6.45) is 0. The molecule has 0 spiro atoms. The highest BCUT2D eigenvalue weighted by atomic mass is 16.7. The van der Waals surface area contributed by atoms with Crippen LogP contribution in [0.25, 0.3) is 0 Å². The van der Waals surface area contributed by atoms with Crippen LogP contribution < -0.4 is 9.47 Å². The number of benzene rings is 1. The normalized spacial score (nSPS) is 10.1. The predicted octanol–water partition coefficient (Wildman–Crippen LogP) is 1.56. The highest BCUT2D eigenvalue weighted by Gasteiger charge is 2.05. The second kappa shape index (κ2) is 6.27. The van der Waals surface area contributed by atoms with Gasteiger partial charge in [0.25, 0.3) is 0 Å². The molecule has 0 aliphatic rings. The SMILES string of the molecule is CCOc1cc(CO)ccc1OCOC. The van der Waals surface area contributed by atoms with E-state index in [0.717, 1.165) is 5.56 Å². The number of aliphatic hydroxyl groups excluding tert-OH is 1. The van der Waals surface area contributed by atoms with E-state index < -0.39 is 0 Å². The molecular formula is C11H16O4. The van der Waals surface area contributed by atoms with Gasteiger partial charge in [-0.3, -0.25) is 0 Å². The minimum atomic E-state index is -0.00929. The molecular weight excluding hydrogens is 196 g/mol. The third-order valence-electron chi connectivity index (χ3n) is 1.82. The molecule has 0 atom stereocenters. The van der Waals surface area contributed by atoms with Crippen molar-refractivity contribution in [3.8, 4) is 11.5 Å². The van der Waals surface area contributed by atoms with E-state index in [0.29, 0.717) is 18.1 Å². The summed E-state index contributed by atoms with van der Waals surface area (Å²) < 4.78 is 15.5. The molecule has 0 aliphatic carbocycles. The van der Waals surface area contributed by atoms with E-state index in [9.17, 15) is 0 Å². The number of methoxy groups -OCH3 is 1. The highest BCUT2D eigenvalue weighted by molar-refractivity contribution is 5.42. The maximum Gasteiger partial charge on any atom is 0.188 e. The molecule has 0 fully saturated rings. The van der Waals surface area contributed by atoms with Crippen LogP contribution in [0.3, 0.4) is 0 Å². The topological polar surface area (TPSA) is 47.9 Å². The van der Waals surface area contributed by atoms with Crippen LogP contribution >= 0.6 is 0 Å². The molecule has 1 aromatic rings. The number of ether oxygens (including phenoxy) is 3. The molecule has 1 aromatic carbocycles. The number of rotatable bonds is 6. The molecule has 4 nitrogen and oxygen atoms in total. The fourth-order valence-electron chi connectivity index (χ4n) is 1.16. The summed E-state index contributed by atoms with van der Waals surface area (Å²) in [5.41, 5.74) is 0.795. The fraction of sp³-hybridized carbons (Fsp3) is 0.455. The van der Waals surface area contributed by atoms with E-state index >= 15 is 0 Å². The van der Waals surface area contributed by atoms with Gasteiger partial charge in [0, 0.05) is 7.11 Å². The minimum absolute atomic E-state index is 0.00929. The highest BCUT2D eigenvalue weighted by Crippen LogP contribution is 2.28. The summed E-state index contributed by atoms with van der Waals surface area (Å²) in [5, 5.41) is 8.98. The lowest BCUT2D eigenvalue weighted by molar-refractivity contribution is 0.0487. The van der Waals surface area contributed by atoms with Crippen LogP contribution in [0.2, 0.25) is 0 Å². The van der Waals surface area contributed by atoms with Crippen LogP contribution in [0.5, 0.6) is 11.5 Å². The van der Waals surface area contributed by atoms with Gasteiger partial charge in [-0.05, 0) is 24.6 Å². The Bertz CT molecular complexity index is 299. The van der Waals surface area contributed by atoms with Gasteiger partial charge in [0.15, 0.2) is 18.3 Å². The van der Waals surface area contributed by atoms with Crippen molar-refractivity contribution in [2.75, 3.05) is 20.5 Å². The Morgan fingerprint density at radius 1 is 1.20 bits per heavy atom. The summed E-state index contributed by atoms with van der Waals surface area (Å²) in [4.78, 5) is 0. The largest absolute Gasteiger partial charge is 0.490 e. The number of aliphatic hydroxyl groups is 1. The first-order valence-corrected chi connectivity index (χ1v) is 4.80. The lowest BCUT2D eigenvalue weighted by Crippen LogP contribution is -2.02. The third-order valence-corrected chi connectivity index (χ3v) is 1.82. The Kier molecular flexibility index (Phi) is 4.93. The molecule has 15 heavy (non-hydrogen) atoms. The van der Waals surface area contributed by atoms with Gasteiger partial charge in [-0.1, -0.05) is 6.07 Å². The minimum Gasteiger partial charge on any atom is -0.490 e. The zero-order chi connectivity index (χ0) is 11.1. The number of hydrogen-bond acceptors (Lipinski definition) is 4. The first-order valence-electron chi connectivity index (χ1n) is 4.80. The molecule has 0 aliphatic heterocycles. The third kappa shape index (κ3) is 3.42. The van der Waals surface area contributed by atoms with E-state index in [1.54, 1.807) is 25.3 Å². The van der Waals surface area contributed by atoms with Crippen LogP contribution in [0.15, 0.2) is 18.2 Å². The van der Waals surface area contributed by atoms with E-state index in [1.807, 2.05) is 6.92 Å². The average Bonchev–Trinajstić information content (AvgIpc) is 2.27. The van der Waals surface area contributed by atoms with Gasteiger partial charge in [-0.25, -0.2) is 0 Å². The van der Waals surface area contributed by atoms with Crippen molar-refractivity contribution in [1.29, 1.82) is 0 Å². The average molecular weight is 212 g/mol. The Balaban J connectivity index is 2.82. The quantitative estimate of drug-likeness (QED) is 0.727. The van der Waals surface area contributed by atoms with Crippen LogP contribution in [0, 0.1) is 0 Å². The smallest absolute Gasteiger partial charge is 0.188 e. The van der Waals surface area contributed by atoms with Crippen LogP contribution in [0.4, 0.5) is 0 Å². The van der Waals surface area contributed by atoms with Gasteiger partial charge in [0.05, 0.1) is 13.2 Å². The van der Waals surface area contributed by atoms with Crippen molar-refractivity contribution in [2.45, 2.75) is 13.5 Å². The van der Waals surface area contributed by atoms with E-state index in [1.165, 1.54) is 0 Å². The van der Waals surface area contributed by atoms with Gasteiger partial charge in [0.1, 0.15) is 0 Å². The molecule has 1 N–H and O–H groups in total. The molecule has 84 valence electrons. The van der Waals surface area contributed by atoms with E-state index in [-0.39, 0.29) is 13.4 Å². The van der Waals surface area contributed by atoms with E-state index in [2.05, 4.69) is 0 Å². The van der Waals surface area contributed by atoms with Gasteiger partial charge >= 0.3 is 0 Å². The maximum absolute atomic E-state index is 8.98.